The lowest BCUT2D eigenvalue weighted by Crippen LogP contribution is -1.93. The van der Waals surface area contributed by atoms with Gasteiger partial charge in [-0.05, 0) is 37.0 Å². The summed E-state index contributed by atoms with van der Waals surface area (Å²) in [6, 6.07) is 6.75. The second-order valence-corrected chi connectivity index (χ2v) is 4.56. The summed E-state index contributed by atoms with van der Waals surface area (Å²) in [5.74, 6) is 0. The summed E-state index contributed by atoms with van der Waals surface area (Å²) < 4.78 is 0. The van der Waals surface area contributed by atoms with Crippen molar-refractivity contribution >= 4 is 5.69 Å². The monoisotopic (exact) mass is 219 g/mol. The molecule has 0 radical (unpaired) electrons. The zero-order chi connectivity index (χ0) is 11.8. The maximum absolute atomic E-state index is 3.21. The van der Waals surface area contributed by atoms with Gasteiger partial charge in [-0.1, -0.05) is 44.7 Å². The Balaban J connectivity index is 2.34. The number of hydrogen-bond donors (Lipinski definition) is 1. The third-order valence-corrected chi connectivity index (χ3v) is 3.13. The molecule has 0 aliphatic heterocycles. The molecular formula is C15H25N. The number of nitrogens with one attached hydrogen (secondary N) is 1. The Morgan fingerprint density at radius 3 is 2.44 bits per heavy atom. The highest BCUT2D eigenvalue weighted by Crippen LogP contribution is 2.17. The Bertz CT molecular complexity index is 304. The van der Waals surface area contributed by atoms with Crippen LogP contribution in [0.5, 0.6) is 0 Å². The molecule has 0 fully saturated rings. The molecule has 0 atom stereocenters. The fourth-order valence-corrected chi connectivity index (χ4v) is 2.09. The molecule has 1 nitrogen and oxygen atoms in total. The fourth-order valence-electron chi connectivity index (χ4n) is 2.09. The van der Waals surface area contributed by atoms with Gasteiger partial charge < -0.3 is 5.32 Å². The summed E-state index contributed by atoms with van der Waals surface area (Å²) in [5.41, 5.74) is 4.08. The van der Waals surface area contributed by atoms with E-state index in [9.17, 15) is 0 Å². The summed E-state index contributed by atoms with van der Waals surface area (Å²) in [5, 5.41) is 3.21. The lowest BCUT2D eigenvalue weighted by molar-refractivity contribution is 0.632. The van der Waals surface area contributed by atoms with Crippen LogP contribution in [0.4, 0.5) is 5.69 Å². The Kier molecular flexibility index (Phi) is 5.99. The number of anilines is 1. The molecule has 1 aromatic carbocycles. The van der Waals surface area contributed by atoms with Crippen molar-refractivity contribution in [3.05, 3.63) is 29.3 Å². The van der Waals surface area contributed by atoms with E-state index < -0.39 is 0 Å². The van der Waals surface area contributed by atoms with Crippen LogP contribution in [0.2, 0.25) is 0 Å². The van der Waals surface area contributed by atoms with E-state index in [2.05, 4.69) is 37.4 Å². The van der Waals surface area contributed by atoms with Crippen molar-refractivity contribution in [2.24, 2.45) is 0 Å². The molecule has 0 spiro atoms. The van der Waals surface area contributed by atoms with Gasteiger partial charge in [0.25, 0.3) is 0 Å². The highest BCUT2D eigenvalue weighted by atomic mass is 14.8. The highest BCUT2D eigenvalue weighted by molar-refractivity contribution is 5.51. The minimum Gasteiger partial charge on any atom is -0.388 e. The zero-order valence-electron chi connectivity index (χ0n) is 11.0. The van der Waals surface area contributed by atoms with Gasteiger partial charge in [-0.15, -0.1) is 0 Å². The molecule has 0 saturated carbocycles. The molecule has 1 aromatic rings. The van der Waals surface area contributed by atoms with Crippen molar-refractivity contribution in [2.75, 3.05) is 12.4 Å². The smallest absolute Gasteiger partial charge is 0.0367 e. The van der Waals surface area contributed by atoms with Crippen LogP contribution >= 0.6 is 0 Å². The summed E-state index contributed by atoms with van der Waals surface area (Å²) in [4.78, 5) is 0. The Labute approximate surface area is 100 Å². The maximum atomic E-state index is 3.21. The van der Waals surface area contributed by atoms with Crippen LogP contribution in [0, 0.1) is 6.92 Å². The Morgan fingerprint density at radius 2 is 1.81 bits per heavy atom. The molecule has 0 bridgehead atoms. The number of hydrogen-bond acceptors (Lipinski definition) is 1. The van der Waals surface area contributed by atoms with E-state index >= 15 is 0 Å². The van der Waals surface area contributed by atoms with Gasteiger partial charge in [-0.2, -0.15) is 0 Å². The van der Waals surface area contributed by atoms with Crippen molar-refractivity contribution in [2.45, 2.75) is 52.4 Å². The number of rotatable bonds is 7. The highest BCUT2D eigenvalue weighted by Gasteiger charge is 1.98. The van der Waals surface area contributed by atoms with Crippen molar-refractivity contribution in [1.82, 2.24) is 0 Å². The van der Waals surface area contributed by atoms with Gasteiger partial charge in [0.05, 0.1) is 0 Å². The van der Waals surface area contributed by atoms with Crippen LogP contribution in [0.1, 0.15) is 50.2 Å². The van der Waals surface area contributed by atoms with Crippen molar-refractivity contribution < 1.29 is 0 Å². The van der Waals surface area contributed by atoms with Crippen LogP contribution in [-0.4, -0.2) is 7.05 Å². The molecule has 0 aliphatic rings. The van der Waals surface area contributed by atoms with Crippen molar-refractivity contribution in [3.63, 3.8) is 0 Å². The van der Waals surface area contributed by atoms with Crippen LogP contribution in [0.3, 0.4) is 0 Å². The van der Waals surface area contributed by atoms with Gasteiger partial charge in [0, 0.05) is 12.7 Å². The van der Waals surface area contributed by atoms with Crippen molar-refractivity contribution in [3.8, 4) is 0 Å². The van der Waals surface area contributed by atoms with E-state index in [1.54, 1.807) is 0 Å². The van der Waals surface area contributed by atoms with Gasteiger partial charge in [-0.3, -0.25) is 0 Å². The quantitative estimate of drug-likeness (QED) is 0.663. The maximum Gasteiger partial charge on any atom is 0.0367 e. The summed E-state index contributed by atoms with van der Waals surface area (Å²) in [6.07, 6.45) is 8.05. The van der Waals surface area contributed by atoms with E-state index in [0.29, 0.717) is 0 Å². The SMILES string of the molecule is CCCCCCCc1ccc(NC)c(C)c1. The molecule has 1 rings (SSSR count). The minimum atomic E-state index is 1.23. The molecule has 90 valence electrons. The van der Waals surface area contributed by atoms with Crippen LogP contribution in [0.15, 0.2) is 18.2 Å². The Hall–Kier alpha value is -0.980. The van der Waals surface area contributed by atoms with E-state index in [0.717, 1.165) is 0 Å². The molecule has 0 aromatic heterocycles. The third kappa shape index (κ3) is 4.26. The van der Waals surface area contributed by atoms with E-state index in [1.807, 2.05) is 7.05 Å². The summed E-state index contributed by atoms with van der Waals surface area (Å²) >= 11 is 0. The first kappa shape index (κ1) is 13.1. The van der Waals surface area contributed by atoms with Gasteiger partial charge in [0.1, 0.15) is 0 Å². The average molecular weight is 219 g/mol. The van der Waals surface area contributed by atoms with Crippen molar-refractivity contribution in [1.29, 1.82) is 0 Å². The molecule has 0 heterocycles. The molecular weight excluding hydrogens is 194 g/mol. The summed E-state index contributed by atoms with van der Waals surface area (Å²) in [7, 11) is 1.98. The predicted molar refractivity (Wildman–Crippen MR) is 73.2 cm³/mol. The van der Waals surface area contributed by atoms with E-state index in [1.165, 1.54) is 55.3 Å². The predicted octanol–water partition coefficient (Wildman–Crippen LogP) is 4.55. The summed E-state index contributed by atoms with van der Waals surface area (Å²) in [6.45, 7) is 4.44. The van der Waals surface area contributed by atoms with Gasteiger partial charge in [0.2, 0.25) is 0 Å². The van der Waals surface area contributed by atoms with Gasteiger partial charge in [-0.25, -0.2) is 0 Å². The van der Waals surface area contributed by atoms with Crippen LogP contribution in [-0.2, 0) is 6.42 Å². The normalized spacial score (nSPS) is 10.4. The molecule has 0 saturated heterocycles. The van der Waals surface area contributed by atoms with Gasteiger partial charge >= 0.3 is 0 Å². The zero-order valence-corrected chi connectivity index (χ0v) is 11.0. The van der Waals surface area contributed by atoms with E-state index in [-0.39, 0.29) is 0 Å². The first-order valence-electron chi connectivity index (χ1n) is 6.55. The topological polar surface area (TPSA) is 12.0 Å². The molecule has 0 amide bonds. The molecule has 0 unspecified atom stereocenters. The fraction of sp³-hybridized carbons (Fsp3) is 0.600. The second-order valence-electron chi connectivity index (χ2n) is 4.56. The van der Waals surface area contributed by atoms with E-state index in [4.69, 9.17) is 0 Å². The molecule has 1 heteroatoms. The second kappa shape index (κ2) is 7.32. The van der Waals surface area contributed by atoms with Gasteiger partial charge in [0.15, 0.2) is 0 Å². The Morgan fingerprint density at radius 1 is 1.06 bits per heavy atom. The minimum absolute atomic E-state index is 1.23. The largest absolute Gasteiger partial charge is 0.388 e. The average Bonchev–Trinajstić information content (AvgIpc) is 2.29. The number of benzene rings is 1. The van der Waals surface area contributed by atoms with Crippen LogP contribution in [0.25, 0.3) is 0 Å². The third-order valence-electron chi connectivity index (χ3n) is 3.13. The first-order chi connectivity index (χ1) is 7.77. The number of aryl methyl sites for hydroxylation is 2. The lowest BCUT2D eigenvalue weighted by Gasteiger charge is -2.07. The molecule has 16 heavy (non-hydrogen) atoms. The molecule has 0 aliphatic carbocycles. The standard InChI is InChI=1S/C15H25N/c1-4-5-6-7-8-9-14-10-11-15(16-3)13(2)12-14/h10-12,16H,4-9H2,1-3H3. The first-order valence-corrected chi connectivity index (χ1v) is 6.55. The number of unbranched alkanes of at least 4 members (excludes halogenated alkanes) is 4. The lowest BCUT2D eigenvalue weighted by atomic mass is 10.0. The van der Waals surface area contributed by atoms with Crippen LogP contribution < -0.4 is 5.32 Å². The molecule has 1 N–H and O–H groups in total.